The van der Waals surface area contributed by atoms with Crippen LogP contribution in [0.3, 0.4) is 0 Å². The minimum Gasteiger partial charge on any atom is -0.489 e. The predicted molar refractivity (Wildman–Crippen MR) is 102 cm³/mol. The fraction of sp³-hybridized carbons (Fsp3) is 0.174. The van der Waals surface area contributed by atoms with Crippen LogP contribution in [0.15, 0.2) is 78.9 Å². The lowest BCUT2D eigenvalue weighted by Gasteiger charge is -2.16. The summed E-state index contributed by atoms with van der Waals surface area (Å²) in [5.74, 6) is -0.696. The maximum Gasteiger partial charge on any atom is 0.311 e. The smallest absolute Gasteiger partial charge is 0.311 e. The fourth-order valence-electron chi connectivity index (χ4n) is 2.92. The van der Waals surface area contributed by atoms with Crippen molar-refractivity contribution < 1.29 is 14.6 Å². The van der Waals surface area contributed by atoms with Gasteiger partial charge < -0.3 is 9.84 Å². The number of hydrogen-bond donors (Lipinski definition) is 1. The first-order chi connectivity index (χ1) is 12.6. The normalized spacial score (nSPS) is 11.7. The molecule has 0 bridgehead atoms. The number of para-hydroxylation sites is 1. The highest BCUT2D eigenvalue weighted by Gasteiger charge is 2.22. The minimum atomic E-state index is -0.827. The van der Waals surface area contributed by atoms with Crippen molar-refractivity contribution in [3.05, 3.63) is 101 Å². The molecule has 0 saturated heterocycles. The minimum absolute atomic E-state index is 0.392. The van der Waals surface area contributed by atoms with Crippen LogP contribution in [0.25, 0.3) is 0 Å². The van der Waals surface area contributed by atoms with E-state index in [1.54, 1.807) is 0 Å². The summed E-state index contributed by atoms with van der Waals surface area (Å²) in [5.41, 5.74) is 3.90. The lowest BCUT2D eigenvalue weighted by atomic mass is 9.91. The molecule has 3 heteroatoms. The van der Waals surface area contributed by atoms with E-state index in [-0.39, 0.29) is 0 Å². The number of benzene rings is 3. The molecule has 0 aliphatic rings. The molecule has 0 saturated carbocycles. The van der Waals surface area contributed by atoms with Crippen molar-refractivity contribution in [1.82, 2.24) is 0 Å². The largest absolute Gasteiger partial charge is 0.489 e. The third-order valence-electron chi connectivity index (χ3n) is 4.41. The van der Waals surface area contributed by atoms with E-state index >= 15 is 0 Å². The van der Waals surface area contributed by atoms with Crippen molar-refractivity contribution in [2.75, 3.05) is 0 Å². The second kappa shape index (κ2) is 8.34. The monoisotopic (exact) mass is 346 g/mol. The third kappa shape index (κ3) is 4.51. The van der Waals surface area contributed by atoms with Crippen molar-refractivity contribution in [1.29, 1.82) is 0 Å². The van der Waals surface area contributed by atoms with Crippen molar-refractivity contribution in [3.63, 3.8) is 0 Å². The van der Waals surface area contributed by atoms with Gasteiger partial charge in [0.2, 0.25) is 0 Å². The van der Waals surface area contributed by atoms with Gasteiger partial charge in [-0.25, -0.2) is 0 Å². The van der Waals surface area contributed by atoms with Gasteiger partial charge in [-0.15, -0.1) is 0 Å². The van der Waals surface area contributed by atoms with Gasteiger partial charge >= 0.3 is 5.97 Å². The second-order valence-electron chi connectivity index (χ2n) is 6.39. The number of carboxylic acids is 1. The molecule has 0 spiro atoms. The summed E-state index contributed by atoms with van der Waals surface area (Å²) in [7, 11) is 0. The Balaban J connectivity index is 1.79. The maximum atomic E-state index is 11.8. The van der Waals surface area contributed by atoms with Crippen molar-refractivity contribution >= 4 is 5.97 Å². The quantitative estimate of drug-likeness (QED) is 0.656. The first-order valence-corrected chi connectivity index (χ1v) is 8.67. The molecule has 0 amide bonds. The SMILES string of the molecule is Cc1ccc(C(Cc2ccccc2OCc2ccccc2)C(=O)O)cc1. The molecule has 3 aromatic carbocycles. The van der Waals surface area contributed by atoms with Crippen LogP contribution in [0.4, 0.5) is 0 Å². The number of carbonyl (C=O) groups is 1. The molecule has 1 atom stereocenters. The summed E-state index contributed by atoms with van der Waals surface area (Å²) in [4.78, 5) is 11.8. The van der Waals surface area contributed by atoms with Gasteiger partial charge in [-0.2, -0.15) is 0 Å². The Bertz CT molecular complexity index is 854. The molecule has 1 unspecified atom stereocenters. The van der Waals surface area contributed by atoms with E-state index in [0.29, 0.717) is 13.0 Å². The highest BCUT2D eigenvalue weighted by molar-refractivity contribution is 5.76. The van der Waals surface area contributed by atoms with E-state index in [1.807, 2.05) is 85.8 Å². The van der Waals surface area contributed by atoms with E-state index in [0.717, 1.165) is 28.0 Å². The lowest BCUT2D eigenvalue weighted by Crippen LogP contribution is -2.15. The van der Waals surface area contributed by atoms with Gasteiger partial charge in [0.15, 0.2) is 0 Å². The highest BCUT2D eigenvalue weighted by atomic mass is 16.5. The molecule has 0 aliphatic heterocycles. The van der Waals surface area contributed by atoms with Crippen LogP contribution in [0.1, 0.15) is 28.2 Å². The van der Waals surface area contributed by atoms with E-state index in [2.05, 4.69) is 0 Å². The number of hydrogen-bond acceptors (Lipinski definition) is 2. The van der Waals surface area contributed by atoms with Gasteiger partial charge in [0.05, 0.1) is 5.92 Å². The Labute approximate surface area is 153 Å². The summed E-state index contributed by atoms with van der Waals surface area (Å²) in [6.45, 7) is 2.45. The van der Waals surface area contributed by atoms with Crippen LogP contribution in [-0.4, -0.2) is 11.1 Å². The standard InChI is InChI=1S/C23H22O3/c1-17-11-13-19(14-12-17)21(23(24)25)15-20-9-5-6-10-22(20)26-16-18-7-3-2-4-8-18/h2-14,21H,15-16H2,1H3,(H,24,25). The molecule has 0 aromatic heterocycles. The number of rotatable bonds is 7. The highest BCUT2D eigenvalue weighted by Crippen LogP contribution is 2.28. The number of carboxylic acid groups (broad SMARTS) is 1. The van der Waals surface area contributed by atoms with Gasteiger partial charge in [-0.05, 0) is 36.1 Å². The molecule has 132 valence electrons. The topological polar surface area (TPSA) is 46.5 Å². The fourth-order valence-corrected chi connectivity index (χ4v) is 2.92. The molecule has 0 fully saturated rings. The first-order valence-electron chi connectivity index (χ1n) is 8.67. The molecule has 0 heterocycles. The van der Waals surface area contributed by atoms with Crippen molar-refractivity contribution in [3.8, 4) is 5.75 Å². The zero-order valence-corrected chi connectivity index (χ0v) is 14.8. The molecule has 3 nitrogen and oxygen atoms in total. The Hall–Kier alpha value is -3.07. The van der Waals surface area contributed by atoms with Crippen LogP contribution >= 0.6 is 0 Å². The summed E-state index contributed by atoms with van der Waals surface area (Å²) in [5, 5.41) is 9.72. The van der Waals surface area contributed by atoms with E-state index in [9.17, 15) is 9.90 Å². The molecule has 1 N–H and O–H groups in total. The summed E-state index contributed by atoms with van der Waals surface area (Å²) >= 11 is 0. The first kappa shape index (κ1) is 17.7. The third-order valence-corrected chi connectivity index (χ3v) is 4.41. The summed E-state index contributed by atoms with van der Waals surface area (Å²) < 4.78 is 5.97. The summed E-state index contributed by atoms with van der Waals surface area (Å²) in [6, 6.07) is 25.3. The van der Waals surface area contributed by atoms with Crippen LogP contribution in [-0.2, 0) is 17.8 Å². The molecular formula is C23H22O3. The van der Waals surface area contributed by atoms with Crippen LogP contribution in [0, 0.1) is 6.92 Å². The zero-order valence-electron chi connectivity index (χ0n) is 14.8. The molecule has 26 heavy (non-hydrogen) atoms. The average molecular weight is 346 g/mol. The molecule has 3 rings (SSSR count). The number of aryl methyl sites for hydroxylation is 1. The van der Waals surface area contributed by atoms with Crippen LogP contribution in [0.5, 0.6) is 5.75 Å². The number of ether oxygens (including phenoxy) is 1. The molecule has 3 aromatic rings. The van der Waals surface area contributed by atoms with E-state index in [4.69, 9.17) is 4.74 Å². The number of aliphatic carboxylic acids is 1. The van der Waals surface area contributed by atoms with Gasteiger partial charge in [0.25, 0.3) is 0 Å². The van der Waals surface area contributed by atoms with Gasteiger partial charge in [0, 0.05) is 0 Å². The predicted octanol–water partition coefficient (Wildman–Crippen LogP) is 4.98. The van der Waals surface area contributed by atoms with Crippen molar-refractivity contribution in [2.24, 2.45) is 0 Å². The summed E-state index contributed by atoms with van der Waals surface area (Å²) in [6.07, 6.45) is 0.392. The maximum absolute atomic E-state index is 11.8. The Morgan fingerprint density at radius 3 is 2.27 bits per heavy atom. The average Bonchev–Trinajstić information content (AvgIpc) is 2.67. The van der Waals surface area contributed by atoms with E-state index < -0.39 is 11.9 Å². The Morgan fingerprint density at radius 1 is 0.923 bits per heavy atom. The Morgan fingerprint density at radius 2 is 1.58 bits per heavy atom. The molecular weight excluding hydrogens is 324 g/mol. The van der Waals surface area contributed by atoms with Crippen molar-refractivity contribution in [2.45, 2.75) is 25.9 Å². The molecule has 0 radical (unpaired) electrons. The van der Waals surface area contributed by atoms with Gasteiger partial charge in [0.1, 0.15) is 12.4 Å². The van der Waals surface area contributed by atoms with E-state index in [1.165, 1.54) is 0 Å². The van der Waals surface area contributed by atoms with Gasteiger partial charge in [-0.3, -0.25) is 4.79 Å². The zero-order chi connectivity index (χ0) is 18.4. The van der Waals surface area contributed by atoms with Gasteiger partial charge in [-0.1, -0.05) is 78.4 Å². The van der Waals surface area contributed by atoms with Crippen LogP contribution in [0.2, 0.25) is 0 Å². The van der Waals surface area contributed by atoms with Crippen LogP contribution < -0.4 is 4.74 Å². The lowest BCUT2D eigenvalue weighted by molar-refractivity contribution is -0.138. The molecule has 0 aliphatic carbocycles. The second-order valence-corrected chi connectivity index (χ2v) is 6.39. The Kier molecular flexibility index (Phi) is 5.69.